The number of rotatable bonds is 3. The molecule has 0 spiro atoms. The third-order valence-corrected chi connectivity index (χ3v) is 2.36. The van der Waals surface area contributed by atoms with E-state index < -0.39 is 0 Å². The van der Waals surface area contributed by atoms with Crippen LogP contribution in [0.4, 0.5) is 4.39 Å². The maximum Gasteiger partial charge on any atom is 0.141 e. The monoisotopic (exact) mass is 221 g/mol. The van der Waals surface area contributed by atoms with Crippen LogP contribution in [0.2, 0.25) is 0 Å². The molecule has 5 nitrogen and oxygen atoms in total. The van der Waals surface area contributed by atoms with Gasteiger partial charge in [0.2, 0.25) is 0 Å². The Morgan fingerprint density at radius 3 is 2.94 bits per heavy atom. The first-order chi connectivity index (χ1) is 7.66. The van der Waals surface area contributed by atoms with Crippen molar-refractivity contribution in [2.24, 2.45) is 12.8 Å². The predicted octanol–water partition coefficient (Wildman–Crippen LogP) is 0.592. The third kappa shape index (κ3) is 2.22. The molecule has 0 aliphatic carbocycles. The Morgan fingerprint density at radius 1 is 1.50 bits per heavy atom. The third-order valence-electron chi connectivity index (χ3n) is 2.36. The van der Waals surface area contributed by atoms with Crippen LogP contribution in [0, 0.1) is 5.82 Å². The van der Waals surface area contributed by atoms with E-state index in [1.807, 2.05) is 0 Å². The maximum absolute atomic E-state index is 12.9. The molecule has 2 N–H and O–H groups in total. The molecule has 0 aliphatic heterocycles. The number of pyridine rings is 1. The summed E-state index contributed by atoms with van der Waals surface area (Å²) in [4.78, 5) is 7.82. The highest BCUT2D eigenvalue weighted by Crippen LogP contribution is 2.14. The lowest BCUT2D eigenvalue weighted by Gasteiger charge is -2.10. The summed E-state index contributed by atoms with van der Waals surface area (Å²) in [5, 5.41) is 3.94. The second-order valence-electron chi connectivity index (χ2n) is 3.55. The molecule has 2 aromatic heterocycles. The van der Waals surface area contributed by atoms with Crippen molar-refractivity contribution in [3.8, 4) is 0 Å². The zero-order valence-electron chi connectivity index (χ0n) is 8.84. The highest BCUT2D eigenvalue weighted by molar-refractivity contribution is 5.15. The maximum atomic E-state index is 12.9. The van der Waals surface area contributed by atoms with Gasteiger partial charge in [-0.3, -0.25) is 9.67 Å². The van der Waals surface area contributed by atoms with Gasteiger partial charge in [0.15, 0.2) is 0 Å². The number of nitrogens with zero attached hydrogens (tertiary/aromatic N) is 4. The fourth-order valence-corrected chi connectivity index (χ4v) is 1.45. The topological polar surface area (TPSA) is 69.6 Å². The Morgan fingerprint density at radius 2 is 2.31 bits per heavy atom. The smallest absolute Gasteiger partial charge is 0.141 e. The van der Waals surface area contributed by atoms with Crippen molar-refractivity contribution >= 4 is 0 Å². The molecule has 1 unspecified atom stereocenters. The van der Waals surface area contributed by atoms with E-state index in [1.165, 1.54) is 12.4 Å². The van der Waals surface area contributed by atoms with Crippen LogP contribution in [0.25, 0.3) is 0 Å². The highest BCUT2D eigenvalue weighted by Gasteiger charge is 2.11. The Balaban J connectivity index is 2.14. The van der Waals surface area contributed by atoms with Gasteiger partial charge in [-0.15, -0.1) is 0 Å². The second-order valence-corrected chi connectivity index (χ2v) is 3.55. The zero-order chi connectivity index (χ0) is 11.5. The van der Waals surface area contributed by atoms with Gasteiger partial charge in [-0.1, -0.05) is 0 Å². The van der Waals surface area contributed by atoms with Crippen LogP contribution in [0.15, 0.2) is 24.8 Å². The van der Waals surface area contributed by atoms with Crippen LogP contribution in [-0.2, 0) is 13.5 Å². The lowest BCUT2D eigenvalue weighted by molar-refractivity contribution is 0.599. The lowest BCUT2D eigenvalue weighted by Crippen LogP contribution is -2.16. The van der Waals surface area contributed by atoms with Gasteiger partial charge >= 0.3 is 0 Å². The van der Waals surface area contributed by atoms with Crippen LogP contribution in [0.1, 0.15) is 17.4 Å². The quantitative estimate of drug-likeness (QED) is 0.823. The van der Waals surface area contributed by atoms with E-state index in [9.17, 15) is 4.39 Å². The molecule has 0 aromatic carbocycles. The zero-order valence-corrected chi connectivity index (χ0v) is 8.84. The second kappa shape index (κ2) is 4.36. The van der Waals surface area contributed by atoms with Crippen molar-refractivity contribution in [1.82, 2.24) is 19.7 Å². The van der Waals surface area contributed by atoms with E-state index in [1.54, 1.807) is 17.9 Å². The number of aryl methyl sites for hydroxylation is 1. The van der Waals surface area contributed by atoms with E-state index >= 15 is 0 Å². The largest absolute Gasteiger partial charge is 0.324 e. The summed E-state index contributed by atoms with van der Waals surface area (Å²) in [6.45, 7) is 0. The standard InChI is InChI=1S/C10H12FN5/c1-16-10(14-6-15-16)3-9(12)7-2-8(11)5-13-4-7/h2,4-6,9H,3,12H2,1H3. The first-order valence-electron chi connectivity index (χ1n) is 4.85. The summed E-state index contributed by atoms with van der Waals surface area (Å²) in [6.07, 6.45) is 4.68. The molecule has 2 rings (SSSR count). The number of hydrogen-bond donors (Lipinski definition) is 1. The molecular formula is C10H12FN5. The average molecular weight is 221 g/mol. The van der Waals surface area contributed by atoms with Crippen molar-refractivity contribution in [3.63, 3.8) is 0 Å². The van der Waals surface area contributed by atoms with E-state index in [4.69, 9.17) is 5.73 Å². The van der Waals surface area contributed by atoms with Crippen LogP contribution in [-0.4, -0.2) is 19.7 Å². The summed E-state index contributed by atoms with van der Waals surface area (Å²) in [5.74, 6) is 0.377. The SMILES string of the molecule is Cn1ncnc1CC(N)c1cncc(F)c1. The molecule has 0 amide bonds. The average Bonchev–Trinajstić information content (AvgIpc) is 2.64. The molecule has 16 heavy (non-hydrogen) atoms. The summed E-state index contributed by atoms with van der Waals surface area (Å²) in [6, 6.07) is 1.06. The van der Waals surface area contributed by atoms with Gasteiger partial charge in [0.1, 0.15) is 18.0 Å². The molecule has 0 saturated carbocycles. The molecule has 2 heterocycles. The fourth-order valence-electron chi connectivity index (χ4n) is 1.45. The van der Waals surface area contributed by atoms with Crippen LogP contribution < -0.4 is 5.73 Å². The molecule has 0 fully saturated rings. The highest BCUT2D eigenvalue weighted by atomic mass is 19.1. The van der Waals surface area contributed by atoms with Crippen molar-refractivity contribution in [1.29, 1.82) is 0 Å². The van der Waals surface area contributed by atoms with Gasteiger partial charge in [0, 0.05) is 25.7 Å². The summed E-state index contributed by atoms with van der Waals surface area (Å²) in [7, 11) is 1.79. The minimum atomic E-state index is -0.383. The van der Waals surface area contributed by atoms with Crippen molar-refractivity contribution in [2.45, 2.75) is 12.5 Å². The minimum absolute atomic E-state index is 0.328. The van der Waals surface area contributed by atoms with Crippen LogP contribution >= 0.6 is 0 Å². The van der Waals surface area contributed by atoms with E-state index in [2.05, 4.69) is 15.1 Å². The van der Waals surface area contributed by atoms with Crippen LogP contribution in [0.3, 0.4) is 0 Å². The van der Waals surface area contributed by atoms with Gasteiger partial charge in [-0.25, -0.2) is 9.37 Å². The normalized spacial score (nSPS) is 12.7. The fraction of sp³-hybridized carbons (Fsp3) is 0.300. The van der Waals surface area contributed by atoms with Crippen LogP contribution in [0.5, 0.6) is 0 Å². The first kappa shape index (κ1) is 10.7. The molecule has 0 radical (unpaired) electrons. The van der Waals surface area contributed by atoms with Gasteiger partial charge in [-0.2, -0.15) is 5.10 Å². The van der Waals surface area contributed by atoms with Gasteiger partial charge in [0.25, 0.3) is 0 Å². The first-order valence-corrected chi connectivity index (χ1v) is 4.85. The van der Waals surface area contributed by atoms with Gasteiger partial charge in [0.05, 0.1) is 6.20 Å². The molecular weight excluding hydrogens is 209 g/mol. The summed E-state index contributed by atoms with van der Waals surface area (Å²) < 4.78 is 14.6. The number of hydrogen-bond acceptors (Lipinski definition) is 4. The Bertz CT molecular complexity index is 482. The van der Waals surface area contributed by atoms with Gasteiger partial charge in [-0.05, 0) is 11.6 Å². The lowest BCUT2D eigenvalue weighted by atomic mass is 10.1. The van der Waals surface area contributed by atoms with E-state index in [0.29, 0.717) is 12.0 Å². The molecule has 1 atom stereocenters. The van der Waals surface area contributed by atoms with Gasteiger partial charge < -0.3 is 5.73 Å². The predicted molar refractivity (Wildman–Crippen MR) is 55.8 cm³/mol. The Labute approximate surface area is 92.1 Å². The minimum Gasteiger partial charge on any atom is -0.324 e. The Hall–Kier alpha value is -1.82. The number of nitrogens with two attached hydrogens (primary N) is 1. The molecule has 0 saturated heterocycles. The summed E-state index contributed by atoms with van der Waals surface area (Å²) in [5.41, 5.74) is 6.59. The van der Waals surface area contributed by atoms with Crippen molar-refractivity contribution in [2.75, 3.05) is 0 Å². The van der Waals surface area contributed by atoms with Crippen molar-refractivity contribution in [3.05, 3.63) is 42.0 Å². The molecule has 0 aliphatic rings. The van der Waals surface area contributed by atoms with E-state index in [0.717, 1.165) is 12.0 Å². The summed E-state index contributed by atoms with van der Waals surface area (Å²) >= 11 is 0. The Kier molecular flexibility index (Phi) is 2.91. The molecule has 0 bridgehead atoms. The molecule has 84 valence electrons. The van der Waals surface area contributed by atoms with E-state index in [-0.39, 0.29) is 11.9 Å². The van der Waals surface area contributed by atoms with Crippen molar-refractivity contribution < 1.29 is 4.39 Å². The molecule has 6 heteroatoms. The molecule has 2 aromatic rings. The number of halogens is 1. The number of aromatic nitrogens is 4.